The minimum atomic E-state index is -1.39. The van der Waals surface area contributed by atoms with Crippen molar-refractivity contribution in [2.24, 2.45) is 17.3 Å². The van der Waals surface area contributed by atoms with Gasteiger partial charge in [0, 0.05) is 12.0 Å². The average Bonchev–Trinajstić information content (AvgIpc) is 3.16. The van der Waals surface area contributed by atoms with Crippen LogP contribution >= 0.6 is 0 Å². The minimum Gasteiger partial charge on any atom is -0.458 e. The molecule has 38 heavy (non-hydrogen) atoms. The van der Waals surface area contributed by atoms with Crippen molar-refractivity contribution in [3.05, 3.63) is 77.9 Å². The fourth-order valence-electron chi connectivity index (χ4n) is 7.01. The number of hydrogen-bond donors (Lipinski definition) is 2. The summed E-state index contributed by atoms with van der Waals surface area (Å²) in [5.74, 6) is -1.61. The lowest BCUT2D eigenvalue weighted by molar-refractivity contribution is -0.302. The normalized spacial score (nSPS) is 37.4. The van der Waals surface area contributed by atoms with E-state index in [1.165, 1.54) is 6.08 Å². The number of carbonyl (C=O) groups is 2. The van der Waals surface area contributed by atoms with E-state index in [0.717, 1.165) is 5.56 Å². The highest BCUT2D eigenvalue weighted by Gasteiger charge is 2.76. The Morgan fingerprint density at radius 3 is 2.24 bits per heavy atom. The van der Waals surface area contributed by atoms with Crippen LogP contribution in [0.5, 0.6) is 0 Å². The van der Waals surface area contributed by atoms with Crippen molar-refractivity contribution in [1.29, 1.82) is 0 Å². The molecular formula is C31H36O7. The highest BCUT2D eigenvalue weighted by molar-refractivity contribution is 5.89. The van der Waals surface area contributed by atoms with Crippen LogP contribution in [0.4, 0.5) is 0 Å². The molecule has 3 fully saturated rings. The summed E-state index contributed by atoms with van der Waals surface area (Å²) in [6, 6.07) is 18.0. The zero-order valence-corrected chi connectivity index (χ0v) is 22.2. The number of benzene rings is 2. The van der Waals surface area contributed by atoms with Gasteiger partial charge in [-0.05, 0) is 63.3 Å². The van der Waals surface area contributed by atoms with Crippen LogP contribution in [0.25, 0.3) is 6.08 Å². The van der Waals surface area contributed by atoms with E-state index >= 15 is 0 Å². The van der Waals surface area contributed by atoms with Crippen molar-refractivity contribution >= 4 is 18.0 Å². The third-order valence-electron chi connectivity index (χ3n) is 9.27. The molecule has 1 saturated heterocycles. The summed E-state index contributed by atoms with van der Waals surface area (Å²) in [7, 11) is 0. The number of esters is 2. The summed E-state index contributed by atoms with van der Waals surface area (Å²) in [6.07, 6.45) is -0.345. The van der Waals surface area contributed by atoms with E-state index < -0.39 is 58.9 Å². The molecule has 7 nitrogen and oxygen atoms in total. The lowest BCUT2D eigenvalue weighted by atomic mass is 9.49. The van der Waals surface area contributed by atoms with Crippen molar-refractivity contribution < 1.29 is 34.0 Å². The smallest absolute Gasteiger partial charge is 0.338 e. The Morgan fingerprint density at radius 1 is 0.947 bits per heavy atom. The second kappa shape index (κ2) is 9.63. The molecule has 1 spiro atoms. The van der Waals surface area contributed by atoms with Gasteiger partial charge in [-0.3, -0.25) is 0 Å². The topological polar surface area (TPSA) is 102 Å². The van der Waals surface area contributed by atoms with E-state index in [9.17, 15) is 19.8 Å². The summed E-state index contributed by atoms with van der Waals surface area (Å²) in [6.45, 7) is 7.71. The summed E-state index contributed by atoms with van der Waals surface area (Å²) >= 11 is 0. The largest absolute Gasteiger partial charge is 0.458 e. The molecule has 202 valence electrons. The maximum Gasteiger partial charge on any atom is 0.338 e. The van der Waals surface area contributed by atoms with Crippen LogP contribution in [0.15, 0.2) is 66.7 Å². The van der Waals surface area contributed by atoms with Gasteiger partial charge in [-0.15, -0.1) is 0 Å². The van der Waals surface area contributed by atoms with Crippen molar-refractivity contribution in [1.82, 2.24) is 0 Å². The molecule has 2 saturated carbocycles. The molecule has 2 N–H and O–H groups in total. The Labute approximate surface area is 223 Å². The molecule has 5 rings (SSSR count). The fourth-order valence-corrected chi connectivity index (χ4v) is 7.01. The lowest BCUT2D eigenvalue weighted by Gasteiger charge is -2.62. The molecule has 1 aliphatic heterocycles. The molecule has 0 radical (unpaired) electrons. The maximum atomic E-state index is 13.2. The number of aliphatic hydroxyl groups is 2. The lowest BCUT2D eigenvalue weighted by Crippen LogP contribution is -2.75. The van der Waals surface area contributed by atoms with E-state index in [1.807, 2.05) is 58.0 Å². The number of hydrogen-bond acceptors (Lipinski definition) is 7. The van der Waals surface area contributed by atoms with Gasteiger partial charge in [0.1, 0.15) is 18.3 Å². The molecule has 0 amide bonds. The van der Waals surface area contributed by atoms with Crippen LogP contribution in [0, 0.1) is 17.3 Å². The quantitative estimate of drug-likeness (QED) is 0.451. The van der Waals surface area contributed by atoms with E-state index in [4.69, 9.17) is 14.2 Å². The SMILES string of the molecule is C[C@@H]1[C@@H](O)[C@@H](O)[C@H](OC(=O)c2ccccc2)[C@@]2(C)[C@@H](OC(=O)/C=C/c3ccccc3)C[C@@H]3C[C@]12OC3(C)C. The molecule has 1 heterocycles. The van der Waals surface area contributed by atoms with Gasteiger partial charge in [0.05, 0.1) is 28.3 Å². The number of aliphatic hydroxyl groups excluding tert-OH is 2. The van der Waals surface area contributed by atoms with Crippen molar-refractivity contribution in [3.8, 4) is 0 Å². The van der Waals surface area contributed by atoms with Crippen LogP contribution in [-0.4, -0.2) is 57.8 Å². The summed E-state index contributed by atoms with van der Waals surface area (Å²) in [5, 5.41) is 22.5. The molecule has 0 unspecified atom stereocenters. The first-order chi connectivity index (χ1) is 18.0. The van der Waals surface area contributed by atoms with Gasteiger partial charge in [0.25, 0.3) is 0 Å². The Kier molecular flexibility index (Phi) is 6.74. The van der Waals surface area contributed by atoms with E-state index in [2.05, 4.69) is 0 Å². The maximum absolute atomic E-state index is 13.2. The zero-order chi connectivity index (χ0) is 27.3. The van der Waals surface area contributed by atoms with E-state index in [-0.39, 0.29) is 5.92 Å². The van der Waals surface area contributed by atoms with Gasteiger partial charge < -0.3 is 24.4 Å². The predicted octanol–water partition coefficient (Wildman–Crippen LogP) is 4.17. The monoisotopic (exact) mass is 520 g/mol. The highest BCUT2D eigenvalue weighted by atomic mass is 16.6. The van der Waals surface area contributed by atoms with Gasteiger partial charge in [0.2, 0.25) is 0 Å². The Morgan fingerprint density at radius 2 is 1.58 bits per heavy atom. The number of fused-ring (bicyclic) bond motifs is 1. The highest BCUT2D eigenvalue weighted by Crippen LogP contribution is 2.66. The second-order valence-corrected chi connectivity index (χ2v) is 11.6. The first-order valence-corrected chi connectivity index (χ1v) is 13.3. The van der Waals surface area contributed by atoms with Crippen molar-refractivity contribution in [2.75, 3.05) is 0 Å². The summed E-state index contributed by atoms with van der Waals surface area (Å²) in [5.41, 5.74) is -1.50. The predicted molar refractivity (Wildman–Crippen MR) is 141 cm³/mol. The van der Waals surface area contributed by atoms with Crippen LogP contribution in [0.3, 0.4) is 0 Å². The Balaban J connectivity index is 1.53. The standard InChI is InChI=1S/C31H36O7/c1-19-25(33)26(34)27(37-28(35)21-13-9-6-10-14-21)30(4)23(17-22-18-31(19,30)38-29(22,2)3)36-24(32)16-15-20-11-7-5-8-12-20/h5-16,19,22-23,25-27,33-34H,17-18H2,1-4H3/b16-15+/t19-,22-,23+,25-,26-,27+,30-,31+/m1/s1. The molecular weight excluding hydrogens is 484 g/mol. The third kappa shape index (κ3) is 4.17. The minimum absolute atomic E-state index is 0.0434. The van der Waals surface area contributed by atoms with Gasteiger partial charge in [-0.2, -0.15) is 0 Å². The molecule has 0 aromatic heterocycles. The first-order valence-electron chi connectivity index (χ1n) is 13.3. The van der Waals surface area contributed by atoms with Gasteiger partial charge in [0.15, 0.2) is 0 Å². The Bertz CT molecular complexity index is 1210. The molecule has 2 aliphatic carbocycles. The molecule has 8 atom stereocenters. The van der Waals surface area contributed by atoms with Crippen LogP contribution < -0.4 is 0 Å². The fraction of sp³-hybridized carbons (Fsp3) is 0.484. The molecule has 7 heteroatoms. The number of rotatable bonds is 5. The molecule has 2 aromatic rings. The van der Waals surface area contributed by atoms with Gasteiger partial charge in [-0.25, -0.2) is 9.59 Å². The number of carbonyl (C=O) groups excluding carboxylic acids is 2. The molecule has 2 bridgehead atoms. The van der Waals surface area contributed by atoms with Crippen molar-refractivity contribution in [2.45, 2.75) is 76.2 Å². The molecule has 3 aliphatic rings. The van der Waals surface area contributed by atoms with E-state index in [0.29, 0.717) is 18.4 Å². The van der Waals surface area contributed by atoms with Crippen molar-refractivity contribution in [3.63, 3.8) is 0 Å². The first kappa shape index (κ1) is 26.6. The molecule has 2 aromatic carbocycles. The Hall–Kier alpha value is -3.00. The van der Waals surface area contributed by atoms with Crippen LogP contribution in [0.1, 0.15) is 56.5 Å². The zero-order valence-electron chi connectivity index (χ0n) is 22.2. The summed E-state index contributed by atoms with van der Waals surface area (Å²) in [4.78, 5) is 26.3. The summed E-state index contributed by atoms with van der Waals surface area (Å²) < 4.78 is 18.9. The second-order valence-electron chi connectivity index (χ2n) is 11.6. The van der Waals surface area contributed by atoms with Gasteiger partial charge >= 0.3 is 11.9 Å². The van der Waals surface area contributed by atoms with Crippen LogP contribution in [-0.2, 0) is 19.0 Å². The third-order valence-corrected chi connectivity index (χ3v) is 9.27. The van der Waals surface area contributed by atoms with Crippen LogP contribution in [0.2, 0.25) is 0 Å². The average molecular weight is 521 g/mol. The van der Waals surface area contributed by atoms with Gasteiger partial charge in [-0.1, -0.05) is 55.5 Å². The number of ether oxygens (including phenoxy) is 3. The van der Waals surface area contributed by atoms with E-state index in [1.54, 1.807) is 36.4 Å².